The minimum atomic E-state index is -0.957. The Morgan fingerprint density at radius 2 is 1.79 bits per heavy atom. The van der Waals surface area contributed by atoms with Gasteiger partial charge in [0.05, 0.1) is 12.2 Å². The molecule has 10 atom stereocenters. The molecule has 29 heavy (non-hydrogen) atoms. The van der Waals surface area contributed by atoms with Gasteiger partial charge in [0.15, 0.2) is 0 Å². The van der Waals surface area contributed by atoms with Crippen molar-refractivity contribution in [2.45, 2.75) is 97.2 Å². The van der Waals surface area contributed by atoms with Crippen molar-refractivity contribution in [1.29, 1.82) is 0 Å². The summed E-state index contributed by atoms with van der Waals surface area (Å²) in [7, 11) is 0. The molecule has 4 aliphatic rings. The van der Waals surface area contributed by atoms with Gasteiger partial charge in [0, 0.05) is 5.97 Å². The van der Waals surface area contributed by atoms with Crippen LogP contribution in [0.2, 0.25) is 0 Å². The van der Waals surface area contributed by atoms with E-state index in [2.05, 4.69) is 20.8 Å². The SMILES string of the molecule is C[C@H](CCC(=O)[O-])[C@H]1CC[C@H]2[C@@H]3CC[C@@H]4CC(O)CC[C@]4(C)[C@H]3C[C@H](O)[C@]12C.[Na+]. The maximum Gasteiger partial charge on any atom is 1.00 e. The number of carboxylic acids is 1. The first kappa shape index (κ1) is 24.0. The van der Waals surface area contributed by atoms with Crippen LogP contribution in [0.15, 0.2) is 0 Å². The third kappa shape index (κ3) is 3.88. The second-order valence-corrected chi connectivity index (χ2v) is 11.3. The largest absolute Gasteiger partial charge is 1.00 e. The van der Waals surface area contributed by atoms with Crippen LogP contribution in [0.25, 0.3) is 0 Å². The van der Waals surface area contributed by atoms with Gasteiger partial charge in [0.25, 0.3) is 0 Å². The number of carbonyl (C=O) groups is 1. The van der Waals surface area contributed by atoms with Crippen LogP contribution in [0, 0.1) is 46.3 Å². The van der Waals surface area contributed by atoms with Crippen LogP contribution in [0.5, 0.6) is 0 Å². The van der Waals surface area contributed by atoms with E-state index in [1.807, 2.05) is 0 Å². The average molecular weight is 415 g/mol. The number of aliphatic hydroxyl groups excluding tert-OH is 2. The zero-order valence-corrected chi connectivity index (χ0v) is 20.9. The number of hydrogen-bond acceptors (Lipinski definition) is 4. The number of aliphatic carboxylic acids is 1. The quantitative estimate of drug-likeness (QED) is 0.642. The molecule has 160 valence electrons. The van der Waals surface area contributed by atoms with E-state index in [0.717, 1.165) is 32.1 Å². The molecular weight excluding hydrogens is 375 g/mol. The van der Waals surface area contributed by atoms with Gasteiger partial charge in [0.2, 0.25) is 0 Å². The zero-order valence-electron chi connectivity index (χ0n) is 18.9. The molecule has 0 heterocycles. The van der Waals surface area contributed by atoms with Crippen LogP contribution in [-0.4, -0.2) is 28.4 Å². The molecule has 4 aliphatic carbocycles. The van der Waals surface area contributed by atoms with E-state index in [0.29, 0.717) is 41.9 Å². The Morgan fingerprint density at radius 1 is 1.07 bits per heavy atom. The summed E-state index contributed by atoms with van der Waals surface area (Å²) in [6.45, 7) is 6.94. The van der Waals surface area contributed by atoms with Gasteiger partial charge in [0.1, 0.15) is 0 Å². The van der Waals surface area contributed by atoms with Gasteiger partial charge in [-0.25, -0.2) is 0 Å². The minimum absolute atomic E-state index is 0. The molecule has 1 unspecified atom stereocenters. The Hall–Kier alpha value is 0.390. The van der Waals surface area contributed by atoms with E-state index in [-0.39, 0.29) is 59.0 Å². The van der Waals surface area contributed by atoms with E-state index in [4.69, 9.17) is 0 Å². The molecule has 0 saturated heterocycles. The maximum absolute atomic E-state index is 11.5. The predicted octanol–water partition coefficient (Wildman–Crippen LogP) is 0.147. The van der Waals surface area contributed by atoms with Gasteiger partial charge >= 0.3 is 29.6 Å². The van der Waals surface area contributed by atoms with Crippen molar-refractivity contribution in [2.75, 3.05) is 0 Å². The number of fused-ring (bicyclic) bond motifs is 5. The maximum atomic E-state index is 11.5. The van der Waals surface area contributed by atoms with Gasteiger partial charge in [-0.1, -0.05) is 20.8 Å². The molecular formula is C24H39NaO4. The number of carboxylic acid groups (broad SMARTS) is 1. The number of carbonyl (C=O) groups excluding carboxylic acids is 1. The minimum Gasteiger partial charge on any atom is -0.550 e. The second-order valence-electron chi connectivity index (χ2n) is 11.3. The van der Waals surface area contributed by atoms with Gasteiger partial charge in [-0.2, -0.15) is 0 Å². The average Bonchev–Trinajstić information content (AvgIpc) is 3.00. The molecule has 0 aromatic heterocycles. The fraction of sp³-hybridized carbons (Fsp3) is 0.958. The molecule has 0 bridgehead atoms. The summed E-state index contributed by atoms with van der Waals surface area (Å²) < 4.78 is 0. The van der Waals surface area contributed by atoms with E-state index in [1.165, 1.54) is 19.3 Å². The smallest absolute Gasteiger partial charge is 0.550 e. The summed E-state index contributed by atoms with van der Waals surface area (Å²) in [6, 6.07) is 0. The Morgan fingerprint density at radius 3 is 2.48 bits per heavy atom. The summed E-state index contributed by atoms with van der Waals surface area (Å²) in [6.07, 6.45) is 8.98. The topological polar surface area (TPSA) is 80.6 Å². The third-order valence-corrected chi connectivity index (χ3v) is 10.3. The van der Waals surface area contributed by atoms with Crippen LogP contribution in [0.4, 0.5) is 0 Å². The van der Waals surface area contributed by atoms with Gasteiger partial charge in [-0.15, -0.1) is 0 Å². The predicted molar refractivity (Wildman–Crippen MR) is 106 cm³/mol. The zero-order chi connectivity index (χ0) is 20.3. The van der Waals surface area contributed by atoms with Crippen molar-refractivity contribution < 1.29 is 49.7 Å². The molecule has 0 aromatic rings. The first-order valence-corrected chi connectivity index (χ1v) is 11.7. The van der Waals surface area contributed by atoms with Crippen molar-refractivity contribution in [2.24, 2.45) is 46.3 Å². The summed E-state index contributed by atoms with van der Waals surface area (Å²) in [5, 5.41) is 32.6. The Kier molecular flexibility index (Phi) is 7.24. The molecule has 0 aliphatic heterocycles. The number of hydrogen-bond donors (Lipinski definition) is 2. The molecule has 4 nitrogen and oxygen atoms in total. The van der Waals surface area contributed by atoms with Crippen LogP contribution in [0.3, 0.4) is 0 Å². The van der Waals surface area contributed by atoms with Gasteiger partial charge in [-0.3, -0.25) is 0 Å². The first-order chi connectivity index (χ1) is 13.2. The van der Waals surface area contributed by atoms with Crippen molar-refractivity contribution in [3.63, 3.8) is 0 Å². The molecule has 2 N–H and O–H groups in total. The fourth-order valence-electron chi connectivity index (χ4n) is 8.71. The summed E-state index contributed by atoms with van der Waals surface area (Å²) in [5.74, 6) is 2.19. The number of rotatable bonds is 4. The normalized spacial score (nSPS) is 49.9. The van der Waals surface area contributed by atoms with Gasteiger partial charge < -0.3 is 20.1 Å². The molecule has 0 amide bonds. The third-order valence-electron chi connectivity index (χ3n) is 10.3. The standard InChI is InChI=1S/C24H40O4.Na/c1-14(4-9-22(27)28)18-7-8-19-17-6-5-15-12-16(25)10-11-23(15,2)20(17)13-21(26)24(18,19)3;/h14-21,25-26H,4-13H2,1-3H3,(H,27,28);/q;+1/p-1/t14-,15-,16?,17+,18-,19+,20+,21+,23+,24-;/m1./s1. The Labute approximate surface area is 198 Å². The van der Waals surface area contributed by atoms with E-state index >= 15 is 0 Å². The van der Waals surface area contributed by atoms with Crippen molar-refractivity contribution in [1.82, 2.24) is 0 Å². The summed E-state index contributed by atoms with van der Waals surface area (Å²) >= 11 is 0. The molecule has 0 aromatic carbocycles. The summed E-state index contributed by atoms with van der Waals surface area (Å²) in [5.41, 5.74) is 0.188. The monoisotopic (exact) mass is 414 g/mol. The van der Waals surface area contributed by atoms with Crippen LogP contribution < -0.4 is 34.7 Å². The molecule has 5 heteroatoms. The second kappa shape index (κ2) is 8.73. The molecule has 0 spiro atoms. The number of aliphatic hydroxyl groups is 2. The molecule has 4 fully saturated rings. The Bertz CT molecular complexity index is 612. The Balaban J connectivity index is 0.00000240. The van der Waals surface area contributed by atoms with Crippen molar-refractivity contribution in [3.05, 3.63) is 0 Å². The van der Waals surface area contributed by atoms with Crippen LogP contribution in [0.1, 0.15) is 85.0 Å². The van der Waals surface area contributed by atoms with Gasteiger partial charge in [-0.05, 0) is 111 Å². The fourth-order valence-corrected chi connectivity index (χ4v) is 8.71. The van der Waals surface area contributed by atoms with Crippen molar-refractivity contribution in [3.8, 4) is 0 Å². The summed E-state index contributed by atoms with van der Waals surface area (Å²) in [4.78, 5) is 10.9. The first-order valence-electron chi connectivity index (χ1n) is 11.7. The molecule has 4 saturated carbocycles. The van der Waals surface area contributed by atoms with E-state index in [1.54, 1.807) is 0 Å². The van der Waals surface area contributed by atoms with E-state index < -0.39 is 5.97 Å². The van der Waals surface area contributed by atoms with E-state index in [9.17, 15) is 20.1 Å². The van der Waals surface area contributed by atoms with Crippen LogP contribution >= 0.6 is 0 Å². The van der Waals surface area contributed by atoms with Crippen LogP contribution in [-0.2, 0) is 4.79 Å². The molecule has 0 radical (unpaired) electrons. The van der Waals surface area contributed by atoms with Crippen molar-refractivity contribution >= 4 is 5.97 Å². The molecule has 4 rings (SSSR count).